The standard InChI is InChI=1S/C13H23N3O2/c1-5-11(6-2)16(7-8-18-4)13(17)12-9-14-15-10(12)3/h9,11H,5-8H2,1-4H3,(H,14,15). The molecule has 0 saturated carbocycles. The third-order valence-corrected chi connectivity index (χ3v) is 3.24. The van der Waals surface area contributed by atoms with E-state index in [-0.39, 0.29) is 11.9 Å². The Morgan fingerprint density at radius 2 is 2.17 bits per heavy atom. The molecule has 0 radical (unpaired) electrons. The Balaban J connectivity index is 2.88. The number of ether oxygens (including phenoxy) is 1. The number of nitrogens with one attached hydrogen (secondary N) is 1. The van der Waals surface area contributed by atoms with Crippen molar-refractivity contribution >= 4 is 5.91 Å². The van der Waals surface area contributed by atoms with Crippen LogP contribution in [0.3, 0.4) is 0 Å². The van der Waals surface area contributed by atoms with Gasteiger partial charge in [0.2, 0.25) is 0 Å². The molecule has 102 valence electrons. The number of carbonyl (C=O) groups excluding carboxylic acids is 1. The van der Waals surface area contributed by atoms with Gasteiger partial charge in [-0.1, -0.05) is 13.8 Å². The lowest BCUT2D eigenvalue weighted by Gasteiger charge is -2.30. The van der Waals surface area contributed by atoms with E-state index in [0.29, 0.717) is 18.7 Å². The first kappa shape index (κ1) is 14.7. The van der Waals surface area contributed by atoms with Crippen molar-refractivity contribution in [3.63, 3.8) is 0 Å². The summed E-state index contributed by atoms with van der Waals surface area (Å²) >= 11 is 0. The molecule has 0 fully saturated rings. The molecule has 0 saturated heterocycles. The lowest BCUT2D eigenvalue weighted by Crippen LogP contribution is -2.41. The summed E-state index contributed by atoms with van der Waals surface area (Å²) in [5.74, 6) is 0.0343. The van der Waals surface area contributed by atoms with E-state index in [1.165, 1.54) is 0 Å². The number of carbonyl (C=O) groups is 1. The third kappa shape index (κ3) is 3.32. The van der Waals surface area contributed by atoms with Gasteiger partial charge in [0.25, 0.3) is 5.91 Å². The first-order valence-electron chi connectivity index (χ1n) is 6.45. The molecule has 1 N–H and O–H groups in total. The van der Waals surface area contributed by atoms with E-state index in [0.717, 1.165) is 18.5 Å². The average molecular weight is 253 g/mol. The summed E-state index contributed by atoms with van der Waals surface area (Å²) in [7, 11) is 1.65. The summed E-state index contributed by atoms with van der Waals surface area (Å²) in [4.78, 5) is 14.4. The van der Waals surface area contributed by atoms with Crippen molar-refractivity contribution < 1.29 is 9.53 Å². The Bertz CT molecular complexity index is 372. The van der Waals surface area contributed by atoms with E-state index < -0.39 is 0 Å². The number of methoxy groups -OCH3 is 1. The predicted molar refractivity (Wildman–Crippen MR) is 70.6 cm³/mol. The Labute approximate surface area is 109 Å². The van der Waals surface area contributed by atoms with Crippen LogP contribution in [0, 0.1) is 6.92 Å². The Hall–Kier alpha value is -1.36. The van der Waals surface area contributed by atoms with Gasteiger partial charge in [0.15, 0.2) is 0 Å². The minimum Gasteiger partial charge on any atom is -0.383 e. The van der Waals surface area contributed by atoms with Gasteiger partial charge in [0.1, 0.15) is 0 Å². The molecule has 0 unspecified atom stereocenters. The minimum absolute atomic E-state index is 0.0343. The first-order valence-corrected chi connectivity index (χ1v) is 6.45. The maximum absolute atomic E-state index is 12.5. The summed E-state index contributed by atoms with van der Waals surface area (Å²) in [5, 5.41) is 6.72. The summed E-state index contributed by atoms with van der Waals surface area (Å²) in [5.41, 5.74) is 1.46. The number of H-pyrrole nitrogens is 1. The largest absolute Gasteiger partial charge is 0.383 e. The number of nitrogens with zero attached hydrogens (tertiary/aromatic N) is 2. The number of aryl methyl sites for hydroxylation is 1. The summed E-state index contributed by atoms with van der Waals surface area (Å²) in [6, 6.07) is 0.252. The smallest absolute Gasteiger partial charge is 0.257 e. The SMILES string of the molecule is CCC(CC)N(CCOC)C(=O)c1cn[nH]c1C. The van der Waals surface area contributed by atoms with Crippen molar-refractivity contribution in [3.8, 4) is 0 Å². The molecular weight excluding hydrogens is 230 g/mol. The highest BCUT2D eigenvalue weighted by Crippen LogP contribution is 2.14. The molecule has 0 aliphatic rings. The molecule has 5 nitrogen and oxygen atoms in total. The van der Waals surface area contributed by atoms with E-state index in [4.69, 9.17) is 4.74 Å². The van der Waals surface area contributed by atoms with Crippen LogP contribution in [-0.2, 0) is 4.74 Å². The molecule has 1 aromatic rings. The number of hydrogen-bond donors (Lipinski definition) is 1. The van der Waals surface area contributed by atoms with Crippen molar-refractivity contribution in [2.45, 2.75) is 39.7 Å². The van der Waals surface area contributed by atoms with E-state index in [1.54, 1.807) is 13.3 Å². The second kappa shape index (κ2) is 7.16. The zero-order valence-electron chi connectivity index (χ0n) is 11.7. The van der Waals surface area contributed by atoms with E-state index >= 15 is 0 Å². The molecule has 1 heterocycles. The number of aromatic nitrogens is 2. The van der Waals surface area contributed by atoms with Crippen molar-refractivity contribution in [1.82, 2.24) is 15.1 Å². The Kier molecular flexibility index (Phi) is 5.85. The van der Waals surface area contributed by atoms with Crippen molar-refractivity contribution in [3.05, 3.63) is 17.5 Å². The van der Waals surface area contributed by atoms with Crippen LogP contribution in [0.15, 0.2) is 6.20 Å². The zero-order chi connectivity index (χ0) is 13.5. The van der Waals surface area contributed by atoms with Crippen LogP contribution in [0.5, 0.6) is 0 Å². The van der Waals surface area contributed by atoms with Crippen LogP contribution in [0.1, 0.15) is 42.7 Å². The average Bonchev–Trinajstić information content (AvgIpc) is 2.80. The lowest BCUT2D eigenvalue weighted by atomic mass is 10.1. The number of rotatable bonds is 7. The minimum atomic E-state index is 0.0343. The highest BCUT2D eigenvalue weighted by atomic mass is 16.5. The van der Waals surface area contributed by atoms with Crippen LogP contribution in [0.4, 0.5) is 0 Å². The fourth-order valence-electron chi connectivity index (χ4n) is 2.09. The van der Waals surface area contributed by atoms with Crippen molar-refractivity contribution in [2.24, 2.45) is 0 Å². The number of hydrogen-bond acceptors (Lipinski definition) is 3. The van der Waals surface area contributed by atoms with Gasteiger partial charge in [0.05, 0.1) is 18.4 Å². The van der Waals surface area contributed by atoms with Crippen LogP contribution in [0.25, 0.3) is 0 Å². The third-order valence-electron chi connectivity index (χ3n) is 3.24. The van der Waals surface area contributed by atoms with Gasteiger partial charge in [-0.15, -0.1) is 0 Å². The van der Waals surface area contributed by atoms with Crippen LogP contribution < -0.4 is 0 Å². The monoisotopic (exact) mass is 253 g/mol. The Morgan fingerprint density at radius 1 is 1.50 bits per heavy atom. The van der Waals surface area contributed by atoms with Gasteiger partial charge in [-0.25, -0.2) is 0 Å². The molecule has 0 atom stereocenters. The molecular formula is C13H23N3O2. The molecule has 0 aromatic carbocycles. The molecule has 5 heteroatoms. The number of aromatic amines is 1. The fourth-order valence-corrected chi connectivity index (χ4v) is 2.09. The molecule has 1 aromatic heterocycles. The normalized spacial score (nSPS) is 10.9. The topological polar surface area (TPSA) is 58.2 Å². The molecule has 0 spiro atoms. The zero-order valence-corrected chi connectivity index (χ0v) is 11.7. The molecule has 1 amide bonds. The van der Waals surface area contributed by atoms with Crippen LogP contribution in [0.2, 0.25) is 0 Å². The molecule has 18 heavy (non-hydrogen) atoms. The molecule has 0 bridgehead atoms. The maximum Gasteiger partial charge on any atom is 0.257 e. The highest BCUT2D eigenvalue weighted by Gasteiger charge is 2.24. The van der Waals surface area contributed by atoms with Gasteiger partial charge in [-0.3, -0.25) is 9.89 Å². The van der Waals surface area contributed by atoms with Gasteiger partial charge in [-0.05, 0) is 19.8 Å². The highest BCUT2D eigenvalue weighted by molar-refractivity contribution is 5.95. The lowest BCUT2D eigenvalue weighted by molar-refractivity contribution is 0.0589. The first-order chi connectivity index (χ1) is 8.65. The maximum atomic E-state index is 12.5. The molecule has 1 rings (SSSR count). The van der Waals surface area contributed by atoms with E-state index in [1.807, 2.05) is 11.8 Å². The van der Waals surface area contributed by atoms with Crippen LogP contribution in [-0.4, -0.2) is 47.3 Å². The van der Waals surface area contributed by atoms with Crippen molar-refractivity contribution in [2.75, 3.05) is 20.3 Å². The van der Waals surface area contributed by atoms with Crippen molar-refractivity contribution in [1.29, 1.82) is 0 Å². The molecule has 0 aliphatic heterocycles. The summed E-state index contributed by atoms with van der Waals surface area (Å²) < 4.78 is 5.09. The van der Waals surface area contributed by atoms with Gasteiger partial charge < -0.3 is 9.64 Å². The van der Waals surface area contributed by atoms with Gasteiger partial charge >= 0.3 is 0 Å². The second-order valence-corrected chi connectivity index (χ2v) is 4.37. The number of amides is 1. The van der Waals surface area contributed by atoms with E-state index in [9.17, 15) is 4.79 Å². The van der Waals surface area contributed by atoms with Gasteiger partial charge in [-0.2, -0.15) is 5.10 Å². The predicted octanol–water partition coefficient (Wildman–Crippen LogP) is 2.00. The van der Waals surface area contributed by atoms with Gasteiger partial charge in [0, 0.05) is 25.4 Å². The molecule has 0 aliphatic carbocycles. The summed E-state index contributed by atoms with van der Waals surface area (Å²) in [6.45, 7) is 7.24. The van der Waals surface area contributed by atoms with E-state index in [2.05, 4.69) is 24.0 Å². The van der Waals surface area contributed by atoms with Crippen LogP contribution >= 0.6 is 0 Å². The quantitative estimate of drug-likeness (QED) is 0.808. The summed E-state index contributed by atoms with van der Waals surface area (Å²) in [6.07, 6.45) is 3.49. The fraction of sp³-hybridized carbons (Fsp3) is 0.692. The second-order valence-electron chi connectivity index (χ2n) is 4.37. The Morgan fingerprint density at radius 3 is 2.61 bits per heavy atom.